The van der Waals surface area contributed by atoms with Crippen LogP contribution in [-0.2, 0) is 6.54 Å². The van der Waals surface area contributed by atoms with Gasteiger partial charge in [-0.05, 0) is 18.6 Å². The molecule has 2 radical (unpaired) electrons. The number of nitrogens with zero attached hydrogens (tertiary/aromatic N) is 1. The Morgan fingerprint density at radius 2 is 2.38 bits per heavy atom. The molecule has 1 nitrogen and oxygen atoms in total. The van der Waals surface area contributed by atoms with Crippen molar-refractivity contribution in [3.05, 3.63) is 36.5 Å². The number of benzene rings is 1. The van der Waals surface area contributed by atoms with Crippen LogP contribution in [0.15, 0.2) is 24.4 Å². The first-order valence-corrected chi connectivity index (χ1v) is 4.78. The van der Waals surface area contributed by atoms with Gasteiger partial charge in [0.15, 0.2) is 0 Å². The van der Waals surface area contributed by atoms with Gasteiger partial charge >= 0.3 is 0 Å². The maximum atomic E-state index is 3.24. The topological polar surface area (TPSA) is 4.93 Å². The molecule has 0 bridgehead atoms. The summed E-state index contributed by atoms with van der Waals surface area (Å²) in [6.07, 6.45) is 4.50. The van der Waals surface area contributed by atoms with Crippen LogP contribution in [0.2, 0.25) is 0 Å². The van der Waals surface area contributed by atoms with E-state index >= 15 is 0 Å². The second kappa shape index (κ2) is 3.65. The Morgan fingerprint density at radius 1 is 1.46 bits per heavy atom. The normalized spacial score (nSPS) is 10.8. The minimum Gasteiger partial charge on any atom is -0.347 e. The van der Waals surface area contributed by atoms with Crippen LogP contribution in [0, 0.1) is 12.1 Å². The molecular formula is C12H13N. The minimum atomic E-state index is 1.09. The molecule has 0 unspecified atom stereocenters. The summed E-state index contributed by atoms with van der Waals surface area (Å²) in [5, 5.41) is 1.19. The van der Waals surface area contributed by atoms with Crippen molar-refractivity contribution in [2.75, 3.05) is 0 Å². The van der Waals surface area contributed by atoms with Crippen molar-refractivity contribution >= 4 is 10.9 Å². The Labute approximate surface area is 79.0 Å². The summed E-state index contributed by atoms with van der Waals surface area (Å²) in [6.45, 7) is 3.30. The molecule has 0 atom stereocenters. The van der Waals surface area contributed by atoms with Crippen molar-refractivity contribution in [1.29, 1.82) is 0 Å². The van der Waals surface area contributed by atoms with Gasteiger partial charge in [0.1, 0.15) is 0 Å². The van der Waals surface area contributed by atoms with Gasteiger partial charge < -0.3 is 4.57 Å². The Hall–Kier alpha value is -1.24. The van der Waals surface area contributed by atoms with Crippen LogP contribution in [0.4, 0.5) is 0 Å². The van der Waals surface area contributed by atoms with E-state index in [0.29, 0.717) is 0 Å². The maximum absolute atomic E-state index is 3.24. The molecule has 1 aromatic heterocycles. The van der Waals surface area contributed by atoms with E-state index in [0.717, 1.165) is 6.54 Å². The van der Waals surface area contributed by atoms with Crippen molar-refractivity contribution in [3.63, 3.8) is 0 Å². The first-order chi connectivity index (χ1) is 6.42. The van der Waals surface area contributed by atoms with Crippen LogP contribution in [-0.4, -0.2) is 4.57 Å². The highest BCUT2D eigenvalue weighted by Crippen LogP contribution is 2.14. The Kier molecular flexibility index (Phi) is 2.35. The van der Waals surface area contributed by atoms with Gasteiger partial charge in [-0.1, -0.05) is 25.5 Å². The Balaban J connectivity index is 2.35. The number of fused-ring (bicyclic) bond motifs is 1. The SMILES string of the molecule is CCCCn1c[c]c2cc[c]cc21. The van der Waals surface area contributed by atoms with E-state index in [9.17, 15) is 0 Å². The van der Waals surface area contributed by atoms with E-state index in [1.807, 2.05) is 18.3 Å². The molecule has 0 saturated heterocycles. The van der Waals surface area contributed by atoms with E-state index in [1.165, 1.54) is 23.7 Å². The molecule has 0 aliphatic carbocycles. The third-order valence-electron chi connectivity index (χ3n) is 2.28. The van der Waals surface area contributed by atoms with E-state index < -0.39 is 0 Å². The zero-order valence-electron chi connectivity index (χ0n) is 7.88. The molecule has 0 spiro atoms. The third kappa shape index (κ3) is 1.59. The molecule has 0 fully saturated rings. The minimum absolute atomic E-state index is 1.09. The van der Waals surface area contributed by atoms with Crippen LogP contribution >= 0.6 is 0 Å². The molecular weight excluding hydrogens is 158 g/mol. The number of unbranched alkanes of at least 4 members (excludes halogenated alkanes) is 1. The molecule has 1 aromatic carbocycles. The van der Waals surface area contributed by atoms with Crippen LogP contribution in [0.3, 0.4) is 0 Å². The predicted molar refractivity (Wildman–Crippen MR) is 54.5 cm³/mol. The van der Waals surface area contributed by atoms with E-state index in [4.69, 9.17) is 0 Å². The van der Waals surface area contributed by atoms with E-state index in [-0.39, 0.29) is 0 Å². The Morgan fingerprint density at radius 3 is 3.23 bits per heavy atom. The number of aryl methyl sites for hydroxylation is 1. The number of rotatable bonds is 3. The number of aromatic nitrogens is 1. The zero-order valence-corrected chi connectivity index (χ0v) is 7.88. The van der Waals surface area contributed by atoms with E-state index in [1.54, 1.807) is 0 Å². The first-order valence-electron chi connectivity index (χ1n) is 4.78. The van der Waals surface area contributed by atoms with Gasteiger partial charge in [-0.2, -0.15) is 0 Å². The number of hydrogen-bond donors (Lipinski definition) is 0. The summed E-state index contributed by atoms with van der Waals surface area (Å²) in [4.78, 5) is 0. The van der Waals surface area contributed by atoms with Gasteiger partial charge in [0.2, 0.25) is 0 Å². The summed E-state index contributed by atoms with van der Waals surface area (Å²) >= 11 is 0. The highest BCUT2D eigenvalue weighted by Gasteiger charge is 1.98. The molecule has 0 saturated carbocycles. The summed E-state index contributed by atoms with van der Waals surface area (Å²) in [7, 11) is 0. The third-order valence-corrected chi connectivity index (χ3v) is 2.28. The second-order valence-electron chi connectivity index (χ2n) is 3.26. The van der Waals surface area contributed by atoms with Gasteiger partial charge in [0, 0.05) is 29.7 Å². The fraction of sp³-hybridized carbons (Fsp3) is 0.333. The van der Waals surface area contributed by atoms with Crippen molar-refractivity contribution < 1.29 is 0 Å². The highest BCUT2D eigenvalue weighted by atomic mass is 14.9. The maximum Gasteiger partial charge on any atom is 0.0492 e. The van der Waals surface area contributed by atoms with E-state index in [2.05, 4.69) is 29.7 Å². The molecule has 0 aliphatic rings. The molecule has 1 heterocycles. The lowest BCUT2D eigenvalue weighted by molar-refractivity contribution is 0.650. The van der Waals surface area contributed by atoms with Crippen molar-refractivity contribution in [2.45, 2.75) is 26.3 Å². The smallest absolute Gasteiger partial charge is 0.0492 e. The summed E-state index contributed by atoms with van der Waals surface area (Å²) < 4.78 is 2.25. The van der Waals surface area contributed by atoms with Crippen LogP contribution in [0.1, 0.15) is 19.8 Å². The van der Waals surface area contributed by atoms with Crippen LogP contribution in [0.5, 0.6) is 0 Å². The lowest BCUT2D eigenvalue weighted by Crippen LogP contribution is -1.94. The van der Waals surface area contributed by atoms with Gasteiger partial charge in [0.25, 0.3) is 0 Å². The van der Waals surface area contributed by atoms with Gasteiger partial charge in [-0.15, -0.1) is 0 Å². The summed E-state index contributed by atoms with van der Waals surface area (Å²) in [6, 6.07) is 12.4. The zero-order chi connectivity index (χ0) is 9.10. The number of hydrogen-bond acceptors (Lipinski definition) is 0. The second-order valence-corrected chi connectivity index (χ2v) is 3.26. The van der Waals surface area contributed by atoms with Gasteiger partial charge in [-0.3, -0.25) is 0 Å². The Bertz CT molecular complexity index is 387. The predicted octanol–water partition coefficient (Wildman–Crippen LogP) is 3.04. The summed E-state index contributed by atoms with van der Waals surface area (Å²) in [5.41, 5.74) is 1.25. The molecule has 2 aromatic rings. The molecule has 13 heavy (non-hydrogen) atoms. The first kappa shape index (κ1) is 8.36. The molecule has 1 heteroatoms. The lowest BCUT2D eigenvalue weighted by atomic mass is 10.2. The van der Waals surface area contributed by atoms with Gasteiger partial charge in [-0.25, -0.2) is 0 Å². The van der Waals surface area contributed by atoms with Crippen molar-refractivity contribution in [3.8, 4) is 0 Å². The molecule has 0 N–H and O–H groups in total. The largest absolute Gasteiger partial charge is 0.347 e. The fourth-order valence-corrected chi connectivity index (χ4v) is 1.51. The molecule has 0 amide bonds. The van der Waals surface area contributed by atoms with Crippen molar-refractivity contribution in [2.24, 2.45) is 0 Å². The van der Waals surface area contributed by atoms with Crippen molar-refractivity contribution in [1.82, 2.24) is 4.57 Å². The average Bonchev–Trinajstić information content (AvgIpc) is 2.58. The van der Waals surface area contributed by atoms with Crippen LogP contribution < -0.4 is 0 Å². The summed E-state index contributed by atoms with van der Waals surface area (Å²) in [5.74, 6) is 0. The molecule has 2 rings (SSSR count). The quantitative estimate of drug-likeness (QED) is 0.669. The van der Waals surface area contributed by atoms with Crippen LogP contribution in [0.25, 0.3) is 10.9 Å². The highest BCUT2D eigenvalue weighted by molar-refractivity contribution is 5.79. The molecule has 66 valence electrons. The molecule has 0 aliphatic heterocycles. The monoisotopic (exact) mass is 171 g/mol. The standard InChI is InChI=1S/C12H13N/c1-2-3-9-13-10-8-11-6-4-5-7-12(11)13/h4,6-7,10H,2-3,9H2,1H3. The average molecular weight is 171 g/mol. The van der Waals surface area contributed by atoms with Gasteiger partial charge in [0.05, 0.1) is 0 Å². The lowest BCUT2D eigenvalue weighted by Gasteiger charge is -2.02. The fourth-order valence-electron chi connectivity index (χ4n) is 1.51.